The molecule has 0 saturated carbocycles. The number of hydrogen-bond donors (Lipinski definition) is 1. The largest absolute Gasteiger partial charge is 0.466 e. The second-order valence-corrected chi connectivity index (χ2v) is 10.7. The van der Waals surface area contributed by atoms with Crippen LogP contribution in [-0.2, 0) is 14.3 Å². The van der Waals surface area contributed by atoms with Crippen molar-refractivity contribution in [2.45, 2.75) is 64.1 Å². The van der Waals surface area contributed by atoms with E-state index in [4.69, 9.17) is 9.47 Å². The predicted octanol–water partition coefficient (Wildman–Crippen LogP) is 1.73. The van der Waals surface area contributed by atoms with Crippen LogP contribution < -0.4 is 0 Å². The lowest BCUT2D eigenvalue weighted by molar-refractivity contribution is -0.150. The first kappa shape index (κ1) is 16.2. The molecular formula is C14H24O4Si. The molecule has 0 aromatic heterocycles. The molecule has 0 amide bonds. The second kappa shape index (κ2) is 7.08. The van der Waals surface area contributed by atoms with Gasteiger partial charge >= 0.3 is 5.97 Å². The Morgan fingerprint density at radius 3 is 2.68 bits per heavy atom. The second-order valence-electron chi connectivity index (χ2n) is 5.90. The fourth-order valence-corrected chi connectivity index (χ4v) is 2.51. The van der Waals surface area contributed by atoms with Crippen molar-refractivity contribution in [1.82, 2.24) is 0 Å². The third-order valence-corrected chi connectivity index (χ3v) is 3.58. The molecule has 1 heterocycles. The van der Waals surface area contributed by atoms with Crippen molar-refractivity contribution in [1.29, 1.82) is 0 Å². The Kier molecular flexibility index (Phi) is 6.05. The Balaban J connectivity index is 2.57. The first-order chi connectivity index (χ1) is 8.80. The van der Waals surface area contributed by atoms with E-state index in [1.165, 1.54) is 0 Å². The zero-order valence-corrected chi connectivity index (χ0v) is 13.2. The van der Waals surface area contributed by atoms with Gasteiger partial charge in [0.2, 0.25) is 0 Å². The van der Waals surface area contributed by atoms with Crippen LogP contribution in [0, 0.1) is 11.5 Å². The Hall–Kier alpha value is -0.833. The van der Waals surface area contributed by atoms with Gasteiger partial charge in [0, 0.05) is 12.8 Å². The summed E-state index contributed by atoms with van der Waals surface area (Å²) >= 11 is 0. The van der Waals surface area contributed by atoms with Gasteiger partial charge in [0.15, 0.2) is 0 Å². The molecule has 1 aliphatic rings. The van der Waals surface area contributed by atoms with Crippen LogP contribution in [0.4, 0.5) is 0 Å². The van der Waals surface area contributed by atoms with E-state index < -0.39 is 14.2 Å². The molecule has 0 spiro atoms. The normalized spacial score (nSPS) is 27.3. The minimum atomic E-state index is -1.44. The summed E-state index contributed by atoms with van der Waals surface area (Å²) in [5.41, 5.74) is 3.25. The van der Waals surface area contributed by atoms with Crippen LogP contribution in [0.15, 0.2) is 0 Å². The quantitative estimate of drug-likeness (QED) is 0.487. The highest BCUT2D eigenvalue weighted by Gasteiger charge is 2.29. The highest BCUT2D eigenvalue weighted by Crippen LogP contribution is 2.22. The first-order valence-corrected chi connectivity index (χ1v) is 10.3. The van der Waals surface area contributed by atoms with E-state index in [-0.39, 0.29) is 24.6 Å². The van der Waals surface area contributed by atoms with E-state index in [0.29, 0.717) is 19.4 Å². The predicted molar refractivity (Wildman–Crippen MR) is 76.3 cm³/mol. The zero-order chi connectivity index (χ0) is 14.5. The Morgan fingerprint density at radius 2 is 2.11 bits per heavy atom. The highest BCUT2D eigenvalue weighted by molar-refractivity contribution is 6.83. The number of aliphatic hydroxyl groups is 1. The average molecular weight is 284 g/mol. The topological polar surface area (TPSA) is 55.8 Å². The lowest BCUT2D eigenvalue weighted by atomic mass is 9.99. The summed E-state index contributed by atoms with van der Waals surface area (Å²) in [5.74, 6) is 2.83. The van der Waals surface area contributed by atoms with Crippen LogP contribution in [0.3, 0.4) is 0 Å². The van der Waals surface area contributed by atoms with Gasteiger partial charge in [0.1, 0.15) is 14.2 Å². The van der Waals surface area contributed by atoms with Crippen molar-refractivity contribution < 1.29 is 19.4 Å². The molecule has 0 unspecified atom stereocenters. The summed E-state index contributed by atoms with van der Waals surface area (Å²) in [5, 5.41) is 9.83. The van der Waals surface area contributed by atoms with Crippen molar-refractivity contribution in [3.05, 3.63) is 0 Å². The fraction of sp³-hybridized carbons (Fsp3) is 0.786. The minimum Gasteiger partial charge on any atom is -0.466 e. The van der Waals surface area contributed by atoms with E-state index in [1.54, 1.807) is 6.92 Å². The smallest absolute Gasteiger partial charge is 0.308 e. The van der Waals surface area contributed by atoms with Gasteiger partial charge in [-0.15, -0.1) is 5.54 Å². The Bertz CT molecular complexity index is 364. The van der Waals surface area contributed by atoms with Crippen molar-refractivity contribution in [2.24, 2.45) is 0 Å². The van der Waals surface area contributed by atoms with Gasteiger partial charge in [0.25, 0.3) is 0 Å². The minimum absolute atomic E-state index is 0.191. The summed E-state index contributed by atoms with van der Waals surface area (Å²) in [6, 6.07) is 0. The Morgan fingerprint density at radius 1 is 1.42 bits per heavy atom. The highest BCUT2D eigenvalue weighted by atomic mass is 28.3. The monoisotopic (exact) mass is 284 g/mol. The number of esters is 1. The number of carbonyl (C=O) groups excluding carboxylic acids is 1. The molecular weight excluding hydrogens is 260 g/mol. The van der Waals surface area contributed by atoms with Gasteiger partial charge in [-0.2, -0.15) is 0 Å². The van der Waals surface area contributed by atoms with Gasteiger partial charge in [-0.3, -0.25) is 4.79 Å². The van der Waals surface area contributed by atoms with Gasteiger partial charge in [-0.25, -0.2) is 0 Å². The van der Waals surface area contributed by atoms with Gasteiger partial charge in [-0.1, -0.05) is 25.6 Å². The Labute approximate surface area is 116 Å². The summed E-state index contributed by atoms with van der Waals surface area (Å²) in [6.07, 6.45) is 0.185. The summed E-state index contributed by atoms with van der Waals surface area (Å²) in [7, 11) is -1.44. The molecule has 0 aromatic carbocycles. The number of carbonyl (C=O) groups is 1. The lowest BCUT2D eigenvalue weighted by Crippen LogP contribution is -2.36. The van der Waals surface area contributed by atoms with E-state index in [9.17, 15) is 9.90 Å². The molecule has 1 saturated heterocycles. The third kappa shape index (κ3) is 6.76. The van der Waals surface area contributed by atoms with Gasteiger partial charge in [-0.05, 0) is 6.92 Å². The summed E-state index contributed by atoms with van der Waals surface area (Å²) < 4.78 is 10.7. The molecule has 0 bridgehead atoms. The molecule has 108 valence electrons. The molecule has 0 aliphatic carbocycles. The molecule has 3 atom stereocenters. The van der Waals surface area contributed by atoms with Crippen LogP contribution in [-0.4, -0.2) is 44.1 Å². The standard InChI is InChI=1S/C14H24O4Si/c1-5-17-14(16)10-13-9-11(15)8-12(18-13)6-7-19(2,3)4/h11-13,15H,5,8-10H2,1-4H3/t11-,12+,13+/m1/s1. The van der Waals surface area contributed by atoms with Crippen LogP contribution in [0.5, 0.6) is 0 Å². The number of hydrogen-bond acceptors (Lipinski definition) is 4. The van der Waals surface area contributed by atoms with E-state index in [0.717, 1.165) is 0 Å². The number of aliphatic hydroxyl groups excluding tert-OH is 1. The van der Waals surface area contributed by atoms with E-state index in [1.807, 2.05) is 0 Å². The lowest BCUT2D eigenvalue weighted by Gasteiger charge is -2.30. The van der Waals surface area contributed by atoms with Gasteiger partial charge < -0.3 is 14.6 Å². The SMILES string of the molecule is CCOC(=O)C[C@@H]1C[C@H](O)C[C@H](C#C[Si](C)(C)C)O1. The molecule has 1 rings (SSSR count). The molecule has 0 radical (unpaired) electrons. The fourth-order valence-electron chi connectivity index (χ4n) is 1.92. The molecule has 5 heteroatoms. The van der Waals surface area contributed by atoms with Crippen molar-refractivity contribution in [3.8, 4) is 11.5 Å². The van der Waals surface area contributed by atoms with Crippen LogP contribution >= 0.6 is 0 Å². The van der Waals surface area contributed by atoms with Crippen LogP contribution in [0.2, 0.25) is 19.6 Å². The molecule has 1 aliphatic heterocycles. The number of rotatable bonds is 3. The van der Waals surface area contributed by atoms with Gasteiger partial charge in [0.05, 0.1) is 25.2 Å². The van der Waals surface area contributed by atoms with Crippen LogP contribution in [0.25, 0.3) is 0 Å². The molecule has 4 nitrogen and oxygen atoms in total. The zero-order valence-electron chi connectivity index (χ0n) is 12.2. The maximum absolute atomic E-state index is 11.4. The number of ether oxygens (including phenoxy) is 2. The third-order valence-electron chi connectivity index (χ3n) is 2.69. The van der Waals surface area contributed by atoms with E-state index >= 15 is 0 Å². The van der Waals surface area contributed by atoms with Crippen molar-refractivity contribution in [3.63, 3.8) is 0 Å². The van der Waals surface area contributed by atoms with E-state index in [2.05, 4.69) is 31.1 Å². The molecule has 1 N–H and O–H groups in total. The van der Waals surface area contributed by atoms with Crippen molar-refractivity contribution in [2.75, 3.05) is 6.61 Å². The van der Waals surface area contributed by atoms with Crippen LogP contribution in [0.1, 0.15) is 26.2 Å². The average Bonchev–Trinajstić information content (AvgIpc) is 2.25. The summed E-state index contributed by atoms with van der Waals surface area (Å²) in [4.78, 5) is 11.4. The molecule has 0 aromatic rings. The maximum atomic E-state index is 11.4. The molecule has 19 heavy (non-hydrogen) atoms. The maximum Gasteiger partial charge on any atom is 0.308 e. The molecule has 1 fully saturated rings. The summed E-state index contributed by atoms with van der Waals surface area (Å²) in [6.45, 7) is 8.63. The first-order valence-electron chi connectivity index (χ1n) is 6.82. The van der Waals surface area contributed by atoms with Crippen molar-refractivity contribution >= 4 is 14.0 Å².